The van der Waals surface area contributed by atoms with E-state index in [9.17, 15) is 8.42 Å². The molecule has 0 N–H and O–H groups in total. The number of sulfonamides is 1. The first-order chi connectivity index (χ1) is 13.3. The van der Waals surface area contributed by atoms with Crippen LogP contribution in [0.4, 0.5) is 0 Å². The van der Waals surface area contributed by atoms with E-state index in [4.69, 9.17) is 13.7 Å². The zero-order chi connectivity index (χ0) is 19.9. The number of nitrogens with zero attached hydrogens (tertiary/aromatic N) is 6. The molecule has 11 nitrogen and oxygen atoms in total. The molecule has 3 heterocycles. The highest BCUT2D eigenvalue weighted by atomic mass is 79.9. The van der Waals surface area contributed by atoms with Crippen molar-refractivity contribution in [2.75, 3.05) is 14.1 Å². The molecule has 0 spiro atoms. The van der Waals surface area contributed by atoms with Crippen LogP contribution in [-0.4, -0.2) is 52.2 Å². The third-order valence-electron chi connectivity index (χ3n) is 3.73. The molecule has 4 rings (SSSR count). The van der Waals surface area contributed by atoms with Gasteiger partial charge in [0.2, 0.25) is 10.0 Å². The molecule has 0 atom stereocenters. The number of furan rings is 1. The van der Waals surface area contributed by atoms with Gasteiger partial charge in [-0.15, -0.1) is 15.3 Å². The summed E-state index contributed by atoms with van der Waals surface area (Å²) in [6.07, 6.45) is 0. The summed E-state index contributed by atoms with van der Waals surface area (Å²) in [5.41, 5.74) is 0.863. The van der Waals surface area contributed by atoms with Crippen molar-refractivity contribution in [1.29, 1.82) is 0 Å². The second-order valence-electron chi connectivity index (χ2n) is 5.78. The third-order valence-corrected chi connectivity index (χ3v) is 5.96. The molecule has 0 aliphatic heterocycles. The van der Waals surface area contributed by atoms with Crippen LogP contribution in [0.1, 0.15) is 5.89 Å². The standard InChI is InChI=1S/C15H13BrN6O5S/c1-21(2)28(23,24)9-3-4-10-11(7-9)22(20-17-10)25-8-14-18-19-15(27-14)12-5-6-13(16)26-12/h3-7H,8H2,1-2H3. The SMILES string of the molecule is CN(C)S(=O)(=O)c1ccc2nnn(OCc3nnc(-c4ccc(Br)o4)o3)c2c1. The number of hydrogen-bond donors (Lipinski definition) is 0. The van der Waals surface area contributed by atoms with Gasteiger partial charge in [0.1, 0.15) is 11.0 Å². The summed E-state index contributed by atoms with van der Waals surface area (Å²) < 4.78 is 37.1. The van der Waals surface area contributed by atoms with Crippen molar-refractivity contribution >= 4 is 37.0 Å². The van der Waals surface area contributed by atoms with Crippen LogP contribution in [0, 0.1) is 0 Å². The molecular weight excluding hydrogens is 456 g/mol. The predicted molar refractivity (Wildman–Crippen MR) is 98.4 cm³/mol. The highest BCUT2D eigenvalue weighted by Crippen LogP contribution is 2.24. The van der Waals surface area contributed by atoms with Gasteiger partial charge in [0.15, 0.2) is 17.0 Å². The quantitative estimate of drug-likeness (QED) is 0.414. The molecule has 0 fully saturated rings. The van der Waals surface area contributed by atoms with Crippen molar-refractivity contribution in [2.45, 2.75) is 11.5 Å². The second kappa shape index (κ2) is 7.00. The molecule has 0 saturated heterocycles. The fourth-order valence-electron chi connectivity index (χ4n) is 2.30. The molecule has 1 aromatic carbocycles. The number of rotatable bonds is 6. The van der Waals surface area contributed by atoms with E-state index in [1.54, 1.807) is 18.2 Å². The third kappa shape index (κ3) is 3.39. The maximum Gasteiger partial charge on any atom is 0.283 e. The van der Waals surface area contributed by atoms with Crippen LogP contribution in [-0.2, 0) is 16.6 Å². The lowest BCUT2D eigenvalue weighted by atomic mass is 10.3. The Balaban J connectivity index is 1.56. The molecule has 0 unspecified atom stereocenters. The number of hydrogen-bond acceptors (Lipinski definition) is 9. The first-order valence-electron chi connectivity index (χ1n) is 7.84. The Kier molecular flexibility index (Phi) is 4.64. The molecule has 146 valence electrons. The van der Waals surface area contributed by atoms with E-state index in [2.05, 4.69) is 36.4 Å². The number of fused-ring (bicyclic) bond motifs is 1. The smallest absolute Gasteiger partial charge is 0.283 e. The molecule has 0 aliphatic carbocycles. The fraction of sp³-hybridized carbons (Fsp3) is 0.200. The molecule has 0 bridgehead atoms. The molecular formula is C15H13BrN6O5S. The first-order valence-corrected chi connectivity index (χ1v) is 10.1. The van der Waals surface area contributed by atoms with E-state index >= 15 is 0 Å². The average molecular weight is 469 g/mol. The highest BCUT2D eigenvalue weighted by Gasteiger charge is 2.20. The van der Waals surface area contributed by atoms with Crippen LogP contribution < -0.4 is 4.84 Å². The maximum absolute atomic E-state index is 12.3. The van der Waals surface area contributed by atoms with Gasteiger partial charge in [0, 0.05) is 14.1 Å². The van der Waals surface area contributed by atoms with Crippen LogP contribution in [0.5, 0.6) is 0 Å². The minimum Gasteiger partial charge on any atom is -0.444 e. The van der Waals surface area contributed by atoms with Gasteiger partial charge in [-0.25, -0.2) is 12.7 Å². The minimum atomic E-state index is -3.60. The van der Waals surface area contributed by atoms with Crippen LogP contribution in [0.2, 0.25) is 0 Å². The molecule has 0 amide bonds. The van der Waals surface area contributed by atoms with E-state index in [1.165, 1.54) is 26.2 Å². The van der Waals surface area contributed by atoms with E-state index in [1.807, 2.05) is 0 Å². The molecule has 13 heteroatoms. The van der Waals surface area contributed by atoms with E-state index in [0.29, 0.717) is 21.5 Å². The van der Waals surface area contributed by atoms with Crippen molar-refractivity contribution in [3.05, 3.63) is 40.9 Å². The van der Waals surface area contributed by atoms with Gasteiger partial charge < -0.3 is 13.7 Å². The van der Waals surface area contributed by atoms with Gasteiger partial charge in [0.25, 0.3) is 11.8 Å². The Bertz CT molecular complexity index is 1240. The van der Waals surface area contributed by atoms with E-state index in [-0.39, 0.29) is 23.3 Å². The van der Waals surface area contributed by atoms with Crippen LogP contribution in [0.25, 0.3) is 22.7 Å². The molecule has 3 aromatic heterocycles. The number of benzene rings is 1. The lowest BCUT2D eigenvalue weighted by Crippen LogP contribution is -2.22. The minimum absolute atomic E-state index is 0.0978. The summed E-state index contributed by atoms with van der Waals surface area (Å²) in [7, 11) is -0.692. The number of halogens is 1. The molecule has 28 heavy (non-hydrogen) atoms. The topological polar surface area (TPSA) is 129 Å². The molecule has 0 radical (unpaired) electrons. The molecule has 0 saturated carbocycles. The van der Waals surface area contributed by atoms with Gasteiger partial charge in [-0.3, -0.25) is 0 Å². The Morgan fingerprint density at radius 2 is 1.96 bits per heavy atom. The zero-order valence-corrected chi connectivity index (χ0v) is 17.0. The van der Waals surface area contributed by atoms with Gasteiger partial charge in [-0.1, -0.05) is 4.85 Å². The summed E-state index contributed by atoms with van der Waals surface area (Å²) in [6.45, 7) is -0.0992. The monoisotopic (exact) mass is 468 g/mol. The highest BCUT2D eigenvalue weighted by molar-refractivity contribution is 9.10. The predicted octanol–water partition coefficient (Wildman–Crippen LogP) is 1.72. The Morgan fingerprint density at radius 1 is 1.14 bits per heavy atom. The first kappa shape index (κ1) is 18.6. The second-order valence-corrected chi connectivity index (χ2v) is 8.71. The average Bonchev–Trinajstić information content (AvgIpc) is 3.38. The van der Waals surface area contributed by atoms with Crippen molar-refractivity contribution in [2.24, 2.45) is 0 Å². The lowest BCUT2D eigenvalue weighted by molar-refractivity contribution is 0.0616. The normalized spacial score (nSPS) is 12.1. The van der Waals surface area contributed by atoms with E-state index in [0.717, 1.165) is 9.15 Å². The Morgan fingerprint density at radius 3 is 2.68 bits per heavy atom. The fourth-order valence-corrected chi connectivity index (χ4v) is 3.53. The van der Waals surface area contributed by atoms with Gasteiger partial charge >= 0.3 is 0 Å². The Labute approximate surface area is 167 Å². The van der Waals surface area contributed by atoms with Crippen molar-refractivity contribution in [3.63, 3.8) is 0 Å². The van der Waals surface area contributed by atoms with Crippen LogP contribution in [0.15, 0.2) is 48.7 Å². The van der Waals surface area contributed by atoms with Crippen LogP contribution >= 0.6 is 15.9 Å². The summed E-state index contributed by atoms with van der Waals surface area (Å²) in [6, 6.07) is 7.83. The molecule has 0 aliphatic rings. The van der Waals surface area contributed by atoms with Gasteiger partial charge in [0.05, 0.1) is 4.90 Å². The van der Waals surface area contributed by atoms with E-state index < -0.39 is 10.0 Å². The van der Waals surface area contributed by atoms with Crippen molar-refractivity contribution in [1.82, 2.24) is 29.7 Å². The largest absolute Gasteiger partial charge is 0.444 e. The van der Waals surface area contributed by atoms with Gasteiger partial charge in [-0.2, -0.15) is 0 Å². The summed E-state index contributed by atoms with van der Waals surface area (Å²) in [4.78, 5) is 6.73. The van der Waals surface area contributed by atoms with Crippen LogP contribution in [0.3, 0.4) is 0 Å². The molecule has 4 aromatic rings. The summed E-state index contributed by atoms with van der Waals surface area (Å²) in [5.74, 6) is 0.797. The number of aromatic nitrogens is 5. The lowest BCUT2D eigenvalue weighted by Gasteiger charge is -2.11. The van der Waals surface area contributed by atoms with Gasteiger partial charge in [-0.05, 0) is 51.5 Å². The maximum atomic E-state index is 12.3. The summed E-state index contributed by atoms with van der Waals surface area (Å²) >= 11 is 3.20. The zero-order valence-electron chi connectivity index (χ0n) is 14.6. The Hall–Kier alpha value is -2.77. The van der Waals surface area contributed by atoms with Crippen molar-refractivity contribution < 1.29 is 22.1 Å². The summed E-state index contributed by atoms with van der Waals surface area (Å²) in [5, 5.41) is 15.6. The van der Waals surface area contributed by atoms with Crippen molar-refractivity contribution in [3.8, 4) is 11.7 Å².